The molecule has 25 heteroatoms. The Hall–Kier alpha value is -9.36. The van der Waals surface area contributed by atoms with E-state index in [1.807, 2.05) is 58.9 Å². The van der Waals surface area contributed by atoms with Crippen LogP contribution < -0.4 is 0 Å². The van der Waals surface area contributed by atoms with Crippen molar-refractivity contribution in [1.82, 2.24) is 0 Å². The Balaban J connectivity index is 0.000000256. The molecule has 5 unspecified atom stereocenters. The Morgan fingerprint density at radius 1 is 0.411 bits per heavy atom. The summed E-state index contributed by atoms with van der Waals surface area (Å²) in [5, 5.41) is 18.0. The van der Waals surface area contributed by atoms with Crippen molar-refractivity contribution in [1.29, 1.82) is 0 Å². The molecule has 4 spiro atoms. The molecule has 584 valence electrons. The summed E-state index contributed by atoms with van der Waals surface area (Å²) in [5.41, 5.74) is 3.31. The fourth-order valence-electron chi connectivity index (χ4n) is 14.5. The van der Waals surface area contributed by atoms with E-state index in [0.29, 0.717) is 62.4 Å². The van der Waals surface area contributed by atoms with E-state index in [1.165, 1.54) is 64.5 Å². The third-order valence-electron chi connectivity index (χ3n) is 19.8. The average molecular weight is 1490 g/mol. The summed E-state index contributed by atoms with van der Waals surface area (Å²) in [6.45, 7) is 21.8. The molecule has 1 saturated carbocycles. The van der Waals surface area contributed by atoms with Crippen LogP contribution >= 0.6 is 0 Å². The number of carbonyl (C=O) groups excluding carboxylic acids is 14. The Labute approximate surface area is 626 Å². The second-order valence-corrected chi connectivity index (χ2v) is 29.2. The lowest BCUT2D eigenvalue weighted by molar-refractivity contribution is -0.172. The van der Waals surface area contributed by atoms with Gasteiger partial charge in [-0.15, -0.1) is 0 Å². The molecule has 4 aliphatic heterocycles. The number of aliphatic hydroxyl groups excluding tert-OH is 2. The molecule has 5 fully saturated rings. The van der Waals surface area contributed by atoms with Crippen LogP contribution in [0.1, 0.15) is 206 Å². The lowest BCUT2D eigenvalue weighted by Gasteiger charge is -2.44. The van der Waals surface area contributed by atoms with Crippen LogP contribution in [-0.2, 0) is 110 Å². The van der Waals surface area contributed by atoms with Crippen LogP contribution in [0.15, 0.2) is 130 Å². The molecule has 25 nitrogen and oxygen atoms in total. The first-order valence-corrected chi connectivity index (χ1v) is 36.2. The third kappa shape index (κ3) is 25.9. The number of ketones is 3. The quantitative estimate of drug-likeness (QED) is 0.0282. The lowest BCUT2D eigenvalue weighted by Crippen LogP contribution is -2.50. The minimum atomic E-state index is -1.07. The second-order valence-electron chi connectivity index (χ2n) is 29.2. The van der Waals surface area contributed by atoms with Crippen LogP contribution in [0, 0.1) is 21.7 Å². The largest absolute Gasteiger partial charge is 0.463 e. The zero-order valence-corrected chi connectivity index (χ0v) is 63.9. The molecule has 2 N–H and O–H groups in total. The number of carbonyl (C=O) groups is 14. The summed E-state index contributed by atoms with van der Waals surface area (Å²) in [6, 6.07) is 0. The Kier molecular flexibility index (Phi) is 33.9. The third-order valence-corrected chi connectivity index (χ3v) is 19.8. The number of hydrogen-bond acceptors (Lipinski definition) is 25. The topological polar surface area (TPSA) is 363 Å². The highest BCUT2D eigenvalue weighted by atomic mass is 16.6. The number of esters is 9. The molecule has 0 aromatic heterocycles. The van der Waals surface area contributed by atoms with Gasteiger partial charge in [0.1, 0.15) is 67.5 Å². The van der Waals surface area contributed by atoms with Crippen molar-refractivity contribution >= 4 is 83.6 Å². The fourth-order valence-corrected chi connectivity index (χ4v) is 14.5. The maximum Gasteiger partial charge on any atom is 0.307 e. The van der Waals surface area contributed by atoms with Gasteiger partial charge in [-0.05, 0) is 192 Å². The van der Waals surface area contributed by atoms with Gasteiger partial charge in [0.25, 0.3) is 0 Å². The average Bonchev–Trinajstić information content (AvgIpc) is 1.67. The summed E-state index contributed by atoms with van der Waals surface area (Å²) < 4.78 is 48.6. The molecule has 8 aliphatic rings. The van der Waals surface area contributed by atoms with E-state index in [1.54, 1.807) is 37.3 Å². The number of aldehydes is 2. The molecule has 0 aromatic rings. The normalized spacial score (nSPS) is 29.2. The predicted molar refractivity (Wildman–Crippen MR) is 389 cm³/mol. The van der Waals surface area contributed by atoms with Gasteiger partial charge in [0.05, 0.1) is 60.6 Å². The fraction of sp³-hybridized carbons (Fsp3) is 0.561. The van der Waals surface area contributed by atoms with E-state index in [-0.39, 0.29) is 99.5 Å². The maximum atomic E-state index is 12.6. The van der Waals surface area contributed by atoms with E-state index >= 15 is 0 Å². The molecule has 8 rings (SSSR count). The van der Waals surface area contributed by atoms with Crippen molar-refractivity contribution in [3.05, 3.63) is 130 Å². The molecular weight excluding hydrogens is 1380 g/mol. The molecule has 0 bridgehead atoms. The first-order chi connectivity index (χ1) is 50.4. The molecule has 107 heavy (non-hydrogen) atoms. The summed E-state index contributed by atoms with van der Waals surface area (Å²) in [6.07, 6.45) is 28.3. The van der Waals surface area contributed by atoms with Crippen molar-refractivity contribution in [2.24, 2.45) is 21.7 Å². The van der Waals surface area contributed by atoms with Gasteiger partial charge < -0.3 is 52.8 Å². The van der Waals surface area contributed by atoms with E-state index in [0.717, 1.165) is 59.8 Å². The molecule has 0 aromatic carbocycles. The number of rotatable bonds is 25. The number of aliphatic hydroxyl groups is 2. The molecule has 0 amide bonds. The maximum absolute atomic E-state index is 12.6. The van der Waals surface area contributed by atoms with Gasteiger partial charge in [-0.2, -0.15) is 0 Å². The van der Waals surface area contributed by atoms with Gasteiger partial charge in [0.15, 0.2) is 17.3 Å². The second kappa shape index (κ2) is 41.1. The number of hydrogen-bond donors (Lipinski definition) is 2. The molecule has 4 heterocycles. The summed E-state index contributed by atoms with van der Waals surface area (Å²) in [4.78, 5) is 164. The van der Waals surface area contributed by atoms with E-state index in [2.05, 4.69) is 19.9 Å². The highest BCUT2D eigenvalue weighted by Crippen LogP contribution is 2.52. The Morgan fingerprint density at radius 2 is 0.766 bits per heavy atom. The minimum Gasteiger partial charge on any atom is -0.463 e. The molecule has 0 radical (unpaired) electrons. The standard InChI is InChI=1S/C22H32O6.C20H24O7.C20H26O6.C20H24O6/c1-14(2)7-6-8-15(3)11-20-22(13-21(25)28-20)12-18(26-16(4)23)9-10-19(22)27-17(5)24;1-13(4-3-5-15(11-21)12-22)8-18-20(10-19(25)27-18)9-16(26-14(2)23)6-7-17(20)24;2*1-13(5-4-6-14(2)12-21)9-18-20(11-19(24)26-18)10-16(25-15(3)22)7-8-17(20)23/h7,11,18-20H,6,8-10,12-13H2,1-5H3;5-8,11,16,18,22H,3-4,9-10,12H2,1-2H3;6-9,16,18,21H,4-5,10-12H2,1-3H3;6-9,12,16,18H,4-5,10-11H2,1-3H3/b15-11+;13-8+,15-5-;2*13-9+,14-6+/t18-,19?,20-,22?;3*16-,18-,20?/m1111/s1. The number of ether oxygens (including phenoxy) is 9. The Bertz CT molecular complexity index is 3710. The van der Waals surface area contributed by atoms with E-state index in [9.17, 15) is 67.1 Å². The summed E-state index contributed by atoms with van der Waals surface area (Å²) in [7, 11) is 0. The van der Waals surface area contributed by atoms with Crippen LogP contribution in [-0.4, -0.2) is 162 Å². The minimum absolute atomic E-state index is 0.00803. The van der Waals surface area contributed by atoms with Gasteiger partial charge in [0.2, 0.25) is 0 Å². The SMILES string of the molecule is CC(=O)OC1CC[C@@H](OC(C)=O)CC12CC(=O)O[C@@H]2/C=C(\C)CCC=C(C)C.CC(=O)O[C@@H]1C=CC(=O)C2(CC(=O)O[C@@H]2/C=C(\C)CC/C=C(/C=O)CO)C1.CC(=O)O[C@@H]1C=CC(=O)C2(CC(=O)O[C@@H]2/C=C(\C)CC/C=C(\C)C=O)C1.CC(=O)O[C@@H]1C=CC(=O)C2(CC(=O)O[C@@H]2/C=C(\C)CC/C=C(\C)CO)C1. The van der Waals surface area contributed by atoms with Crippen LogP contribution in [0.3, 0.4) is 0 Å². The monoisotopic (exact) mass is 1490 g/mol. The van der Waals surface area contributed by atoms with Crippen molar-refractivity contribution in [2.45, 2.75) is 261 Å². The molecule has 4 saturated heterocycles. The van der Waals surface area contributed by atoms with Crippen LogP contribution in [0.25, 0.3) is 0 Å². The highest BCUT2D eigenvalue weighted by molar-refractivity contribution is 6.02. The smallest absolute Gasteiger partial charge is 0.307 e. The molecule has 4 aliphatic carbocycles. The van der Waals surface area contributed by atoms with Crippen molar-refractivity contribution < 1.29 is 120 Å². The van der Waals surface area contributed by atoms with Crippen molar-refractivity contribution in [2.75, 3.05) is 13.2 Å². The zero-order valence-electron chi connectivity index (χ0n) is 63.9. The predicted octanol–water partition coefficient (Wildman–Crippen LogP) is 10.7. The molecule has 13 atom stereocenters. The van der Waals surface area contributed by atoms with Gasteiger partial charge in [0, 0.05) is 59.5 Å². The van der Waals surface area contributed by atoms with Crippen LogP contribution in [0.5, 0.6) is 0 Å². The summed E-state index contributed by atoms with van der Waals surface area (Å²) >= 11 is 0. The summed E-state index contributed by atoms with van der Waals surface area (Å²) in [5.74, 6) is -4.22. The highest BCUT2D eigenvalue weighted by Gasteiger charge is 2.60. The molecular formula is C82H106O25. The Morgan fingerprint density at radius 3 is 1.12 bits per heavy atom. The van der Waals surface area contributed by atoms with Gasteiger partial charge >= 0.3 is 53.7 Å². The number of cyclic esters (lactones) is 4. The van der Waals surface area contributed by atoms with E-state index in [4.69, 9.17) is 52.8 Å². The van der Waals surface area contributed by atoms with Crippen LogP contribution in [0.4, 0.5) is 0 Å². The van der Waals surface area contributed by atoms with Gasteiger partial charge in [-0.3, -0.25) is 67.1 Å². The van der Waals surface area contributed by atoms with Gasteiger partial charge in [-0.1, -0.05) is 57.7 Å². The first kappa shape index (κ1) is 88.3. The van der Waals surface area contributed by atoms with Crippen molar-refractivity contribution in [3.8, 4) is 0 Å². The number of allylic oxidation sites excluding steroid dienone is 13. The van der Waals surface area contributed by atoms with Crippen molar-refractivity contribution in [3.63, 3.8) is 0 Å². The first-order valence-electron chi connectivity index (χ1n) is 36.2. The lowest BCUT2D eigenvalue weighted by atomic mass is 9.66. The van der Waals surface area contributed by atoms with Crippen LogP contribution in [0.2, 0.25) is 0 Å². The van der Waals surface area contributed by atoms with E-state index < -0.39 is 106 Å². The van der Waals surface area contributed by atoms with Gasteiger partial charge in [-0.25, -0.2) is 0 Å². The zero-order chi connectivity index (χ0) is 79.6.